The minimum Gasteiger partial charge on any atom is -0.496 e. The lowest BCUT2D eigenvalue weighted by Crippen LogP contribution is -2.45. The SMILES string of the molecule is COc1ccccc1C(=O)COC(=O)[C@@H]1CC(=O)N([C@H]2CCC[C@@H](C)[C@H]2C)C1. The molecule has 0 bridgehead atoms. The fourth-order valence-electron chi connectivity index (χ4n) is 4.41. The van der Waals surface area contributed by atoms with E-state index in [-0.39, 0.29) is 30.8 Å². The lowest BCUT2D eigenvalue weighted by atomic mass is 9.77. The molecule has 1 amide bonds. The Morgan fingerprint density at radius 3 is 2.68 bits per heavy atom. The summed E-state index contributed by atoms with van der Waals surface area (Å²) < 4.78 is 10.4. The van der Waals surface area contributed by atoms with Crippen LogP contribution in [0, 0.1) is 17.8 Å². The van der Waals surface area contributed by atoms with Crippen LogP contribution >= 0.6 is 0 Å². The summed E-state index contributed by atoms with van der Waals surface area (Å²) in [5.74, 6) is 0.186. The van der Waals surface area contributed by atoms with Gasteiger partial charge in [0.25, 0.3) is 0 Å². The first kappa shape index (κ1) is 20.4. The number of nitrogens with zero attached hydrogens (tertiary/aromatic N) is 1. The molecule has 1 heterocycles. The van der Waals surface area contributed by atoms with Gasteiger partial charge in [0.2, 0.25) is 11.7 Å². The van der Waals surface area contributed by atoms with E-state index in [1.165, 1.54) is 13.5 Å². The number of ether oxygens (including phenoxy) is 2. The van der Waals surface area contributed by atoms with Crippen LogP contribution in [0.4, 0.5) is 0 Å². The number of esters is 1. The third-order valence-electron chi connectivity index (χ3n) is 6.31. The highest BCUT2D eigenvalue weighted by molar-refractivity contribution is 6.00. The van der Waals surface area contributed by atoms with Gasteiger partial charge < -0.3 is 14.4 Å². The van der Waals surface area contributed by atoms with E-state index < -0.39 is 11.9 Å². The number of hydrogen-bond acceptors (Lipinski definition) is 5. The highest BCUT2D eigenvalue weighted by atomic mass is 16.5. The van der Waals surface area contributed by atoms with Crippen molar-refractivity contribution in [1.29, 1.82) is 0 Å². The number of Topliss-reactive ketones (excluding diaryl/α,β-unsaturated/α-hetero) is 1. The predicted octanol–water partition coefficient (Wildman–Crippen LogP) is 3.09. The Hall–Kier alpha value is -2.37. The molecule has 0 spiro atoms. The fraction of sp³-hybridized carbons (Fsp3) is 0.591. The van der Waals surface area contributed by atoms with Gasteiger partial charge in [0, 0.05) is 19.0 Å². The second-order valence-corrected chi connectivity index (χ2v) is 8.01. The predicted molar refractivity (Wildman–Crippen MR) is 104 cm³/mol. The molecule has 28 heavy (non-hydrogen) atoms. The Morgan fingerprint density at radius 1 is 1.18 bits per heavy atom. The molecule has 4 atom stereocenters. The number of hydrogen-bond donors (Lipinski definition) is 0. The van der Waals surface area contributed by atoms with Crippen molar-refractivity contribution >= 4 is 17.7 Å². The summed E-state index contributed by atoms with van der Waals surface area (Å²) >= 11 is 0. The van der Waals surface area contributed by atoms with Gasteiger partial charge in [0.1, 0.15) is 5.75 Å². The van der Waals surface area contributed by atoms with E-state index in [1.807, 2.05) is 4.90 Å². The number of para-hydroxylation sites is 1. The second-order valence-electron chi connectivity index (χ2n) is 8.01. The molecule has 3 rings (SSSR count). The van der Waals surface area contributed by atoms with Crippen LogP contribution in [-0.4, -0.2) is 48.9 Å². The molecule has 1 saturated carbocycles. The number of carbonyl (C=O) groups is 3. The average molecular weight is 387 g/mol. The number of benzene rings is 1. The standard InChI is InChI=1S/C22H29NO5/c1-14-7-6-9-18(15(14)2)23-12-16(11-21(23)25)22(26)28-13-19(24)17-8-4-5-10-20(17)27-3/h4-5,8,10,14-16,18H,6-7,9,11-13H2,1-3H3/t14-,15-,16-,18+/m1/s1. The van der Waals surface area contributed by atoms with Crippen LogP contribution in [0.25, 0.3) is 0 Å². The summed E-state index contributed by atoms with van der Waals surface area (Å²) in [6.45, 7) is 4.47. The van der Waals surface area contributed by atoms with Gasteiger partial charge in [0.05, 0.1) is 18.6 Å². The van der Waals surface area contributed by atoms with Crippen molar-refractivity contribution in [2.75, 3.05) is 20.3 Å². The number of carbonyl (C=O) groups excluding carboxylic acids is 3. The molecule has 0 unspecified atom stereocenters. The smallest absolute Gasteiger partial charge is 0.311 e. The molecule has 1 aliphatic heterocycles. The van der Waals surface area contributed by atoms with Gasteiger partial charge in [0.15, 0.2) is 6.61 Å². The first-order valence-corrected chi connectivity index (χ1v) is 10.0. The molecule has 1 aromatic carbocycles. The topological polar surface area (TPSA) is 72.9 Å². The van der Waals surface area contributed by atoms with Gasteiger partial charge in [-0.3, -0.25) is 14.4 Å². The molecule has 6 nitrogen and oxygen atoms in total. The van der Waals surface area contributed by atoms with E-state index in [1.54, 1.807) is 24.3 Å². The Labute approximate surface area is 166 Å². The minimum atomic E-state index is -0.498. The molecule has 1 aromatic rings. The maximum Gasteiger partial charge on any atom is 0.311 e. The van der Waals surface area contributed by atoms with E-state index in [0.717, 1.165) is 12.8 Å². The van der Waals surface area contributed by atoms with Crippen molar-refractivity contribution in [3.8, 4) is 5.75 Å². The Balaban J connectivity index is 1.57. The molecule has 0 aromatic heterocycles. The van der Waals surface area contributed by atoms with E-state index >= 15 is 0 Å². The van der Waals surface area contributed by atoms with Crippen molar-refractivity contribution in [2.24, 2.45) is 17.8 Å². The zero-order valence-electron chi connectivity index (χ0n) is 16.8. The zero-order valence-corrected chi connectivity index (χ0v) is 16.8. The van der Waals surface area contributed by atoms with Crippen molar-refractivity contribution < 1.29 is 23.9 Å². The molecule has 152 valence electrons. The monoisotopic (exact) mass is 387 g/mol. The largest absolute Gasteiger partial charge is 0.496 e. The molecular formula is C22H29NO5. The third-order valence-corrected chi connectivity index (χ3v) is 6.31. The van der Waals surface area contributed by atoms with Gasteiger partial charge in [-0.2, -0.15) is 0 Å². The fourth-order valence-corrected chi connectivity index (χ4v) is 4.41. The summed E-state index contributed by atoms with van der Waals surface area (Å²) in [7, 11) is 1.49. The van der Waals surface area contributed by atoms with E-state index in [0.29, 0.717) is 29.7 Å². The van der Waals surface area contributed by atoms with Gasteiger partial charge in [-0.25, -0.2) is 0 Å². The number of ketones is 1. The van der Waals surface area contributed by atoms with Crippen molar-refractivity contribution in [3.63, 3.8) is 0 Å². The quantitative estimate of drug-likeness (QED) is 0.554. The van der Waals surface area contributed by atoms with Gasteiger partial charge in [-0.05, 0) is 30.4 Å². The summed E-state index contributed by atoms with van der Waals surface area (Å²) in [4.78, 5) is 39.2. The first-order chi connectivity index (χ1) is 13.4. The highest BCUT2D eigenvalue weighted by Gasteiger charge is 2.42. The lowest BCUT2D eigenvalue weighted by molar-refractivity contribution is -0.147. The zero-order chi connectivity index (χ0) is 20.3. The van der Waals surface area contributed by atoms with Crippen LogP contribution in [0.5, 0.6) is 5.75 Å². The highest BCUT2D eigenvalue weighted by Crippen LogP contribution is 2.36. The average Bonchev–Trinajstić information content (AvgIpc) is 3.09. The molecule has 2 aliphatic rings. The summed E-state index contributed by atoms with van der Waals surface area (Å²) in [5.41, 5.74) is 0.381. The van der Waals surface area contributed by atoms with Gasteiger partial charge in [-0.15, -0.1) is 0 Å². The lowest BCUT2D eigenvalue weighted by Gasteiger charge is -2.39. The van der Waals surface area contributed by atoms with Crippen molar-refractivity contribution in [2.45, 2.75) is 45.6 Å². The van der Waals surface area contributed by atoms with Crippen molar-refractivity contribution in [3.05, 3.63) is 29.8 Å². The summed E-state index contributed by atoms with van der Waals surface area (Å²) in [6.07, 6.45) is 3.46. The summed E-state index contributed by atoms with van der Waals surface area (Å²) in [5, 5.41) is 0. The van der Waals surface area contributed by atoms with Crippen LogP contribution < -0.4 is 4.74 Å². The van der Waals surface area contributed by atoms with Crippen molar-refractivity contribution in [1.82, 2.24) is 4.90 Å². The van der Waals surface area contributed by atoms with Crippen LogP contribution in [0.2, 0.25) is 0 Å². The van der Waals surface area contributed by atoms with Gasteiger partial charge in [-0.1, -0.05) is 38.8 Å². The molecule has 0 radical (unpaired) electrons. The number of methoxy groups -OCH3 is 1. The maximum atomic E-state index is 12.5. The number of rotatable bonds is 6. The van der Waals surface area contributed by atoms with Crippen LogP contribution in [0.15, 0.2) is 24.3 Å². The molecule has 6 heteroatoms. The van der Waals surface area contributed by atoms with E-state index in [4.69, 9.17) is 9.47 Å². The van der Waals surface area contributed by atoms with Crippen LogP contribution in [-0.2, 0) is 14.3 Å². The van der Waals surface area contributed by atoms with E-state index in [9.17, 15) is 14.4 Å². The van der Waals surface area contributed by atoms with Crippen LogP contribution in [0.3, 0.4) is 0 Å². The van der Waals surface area contributed by atoms with E-state index in [2.05, 4.69) is 13.8 Å². The number of amides is 1. The second kappa shape index (κ2) is 8.76. The number of likely N-dealkylation sites (tertiary alicyclic amines) is 1. The Bertz CT molecular complexity index is 746. The minimum absolute atomic E-state index is 0.0176. The molecule has 1 aliphatic carbocycles. The third kappa shape index (κ3) is 4.21. The molecule has 1 saturated heterocycles. The summed E-state index contributed by atoms with van der Waals surface area (Å²) in [6, 6.07) is 7.03. The van der Waals surface area contributed by atoms with Crippen LogP contribution in [0.1, 0.15) is 49.9 Å². The Morgan fingerprint density at radius 2 is 1.93 bits per heavy atom. The van der Waals surface area contributed by atoms with Gasteiger partial charge >= 0.3 is 5.97 Å². The maximum absolute atomic E-state index is 12.5. The normalized spacial score (nSPS) is 27.5. The Kier molecular flexibility index (Phi) is 6.37. The molecular weight excluding hydrogens is 358 g/mol. The molecule has 0 N–H and O–H groups in total. The molecule has 2 fully saturated rings. The first-order valence-electron chi connectivity index (χ1n) is 10.0.